The molecule has 104 valence electrons. The molecule has 4 nitrogen and oxygen atoms in total. The zero-order valence-corrected chi connectivity index (χ0v) is 11.5. The van der Waals surface area contributed by atoms with Crippen LogP contribution in [0.4, 0.5) is 0 Å². The highest BCUT2D eigenvalue weighted by Gasteiger charge is 2.05. The molecule has 1 amide bonds. The molecule has 1 rings (SSSR count). The van der Waals surface area contributed by atoms with Crippen molar-refractivity contribution in [1.29, 1.82) is 0 Å². The summed E-state index contributed by atoms with van der Waals surface area (Å²) in [6, 6.07) is 7.99. The van der Waals surface area contributed by atoms with Gasteiger partial charge in [0.2, 0.25) is 5.91 Å². The quantitative estimate of drug-likeness (QED) is 0.791. The summed E-state index contributed by atoms with van der Waals surface area (Å²) >= 11 is 0. The van der Waals surface area contributed by atoms with Gasteiger partial charge in [-0.3, -0.25) is 9.59 Å². The SMILES string of the molecule is CC(C)Cc1ccc(CC(=O)NCCC(=O)O)cc1. The molecule has 2 N–H and O–H groups in total. The Kier molecular flexibility index (Phi) is 6.06. The minimum atomic E-state index is -0.904. The van der Waals surface area contributed by atoms with E-state index in [9.17, 15) is 9.59 Å². The predicted octanol–water partition coefficient (Wildman–Crippen LogP) is 2.02. The molecular formula is C15H21NO3. The van der Waals surface area contributed by atoms with Crippen LogP contribution in [-0.4, -0.2) is 23.5 Å². The summed E-state index contributed by atoms with van der Waals surface area (Å²) in [7, 11) is 0. The Bertz CT molecular complexity index is 424. The van der Waals surface area contributed by atoms with E-state index in [1.54, 1.807) is 0 Å². The van der Waals surface area contributed by atoms with Gasteiger partial charge in [0, 0.05) is 6.54 Å². The number of carboxylic acid groups (broad SMARTS) is 1. The summed E-state index contributed by atoms with van der Waals surface area (Å²) in [4.78, 5) is 21.9. The van der Waals surface area contributed by atoms with Crippen LogP contribution in [0.2, 0.25) is 0 Å². The lowest BCUT2D eigenvalue weighted by Gasteiger charge is -2.07. The van der Waals surface area contributed by atoms with Gasteiger partial charge in [-0.1, -0.05) is 38.1 Å². The van der Waals surface area contributed by atoms with E-state index in [0.29, 0.717) is 12.3 Å². The van der Waals surface area contributed by atoms with Crippen LogP contribution in [0.15, 0.2) is 24.3 Å². The molecule has 0 atom stereocenters. The topological polar surface area (TPSA) is 66.4 Å². The van der Waals surface area contributed by atoms with E-state index in [0.717, 1.165) is 12.0 Å². The molecule has 0 aliphatic rings. The summed E-state index contributed by atoms with van der Waals surface area (Å²) in [5.41, 5.74) is 2.21. The zero-order valence-electron chi connectivity index (χ0n) is 11.5. The molecule has 19 heavy (non-hydrogen) atoms. The fraction of sp³-hybridized carbons (Fsp3) is 0.467. The van der Waals surface area contributed by atoms with Crippen molar-refractivity contribution in [2.45, 2.75) is 33.1 Å². The summed E-state index contributed by atoms with van der Waals surface area (Å²) in [6.45, 7) is 4.52. The maximum atomic E-state index is 11.6. The molecule has 0 heterocycles. The predicted molar refractivity (Wildman–Crippen MR) is 74.0 cm³/mol. The smallest absolute Gasteiger partial charge is 0.305 e. The van der Waals surface area contributed by atoms with E-state index in [1.165, 1.54) is 5.56 Å². The molecule has 0 saturated heterocycles. The van der Waals surface area contributed by atoms with E-state index in [4.69, 9.17) is 5.11 Å². The van der Waals surface area contributed by atoms with Crippen molar-refractivity contribution in [2.24, 2.45) is 5.92 Å². The third-order valence-electron chi connectivity index (χ3n) is 2.69. The summed E-state index contributed by atoms with van der Waals surface area (Å²) in [5, 5.41) is 11.1. The van der Waals surface area contributed by atoms with E-state index < -0.39 is 5.97 Å². The highest BCUT2D eigenvalue weighted by atomic mass is 16.4. The van der Waals surface area contributed by atoms with E-state index in [1.807, 2.05) is 24.3 Å². The van der Waals surface area contributed by atoms with Crippen molar-refractivity contribution in [3.63, 3.8) is 0 Å². The monoisotopic (exact) mass is 263 g/mol. The largest absolute Gasteiger partial charge is 0.481 e. The Morgan fingerprint density at radius 2 is 1.74 bits per heavy atom. The van der Waals surface area contributed by atoms with Crippen LogP contribution in [0.1, 0.15) is 31.4 Å². The zero-order chi connectivity index (χ0) is 14.3. The second-order valence-electron chi connectivity index (χ2n) is 5.08. The number of nitrogens with one attached hydrogen (secondary N) is 1. The number of benzene rings is 1. The van der Waals surface area contributed by atoms with Crippen LogP contribution in [0.3, 0.4) is 0 Å². The van der Waals surface area contributed by atoms with Crippen molar-refractivity contribution >= 4 is 11.9 Å². The Morgan fingerprint density at radius 3 is 2.26 bits per heavy atom. The van der Waals surface area contributed by atoms with Crippen LogP contribution < -0.4 is 5.32 Å². The minimum absolute atomic E-state index is 0.0426. The highest BCUT2D eigenvalue weighted by molar-refractivity contribution is 5.79. The fourth-order valence-corrected chi connectivity index (χ4v) is 1.82. The molecule has 1 aromatic carbocycles. The third kappa shape index (κ3) is 6.60. The molecule has 0 saturated carbocycles. The van der Waals surface area contributed by atoms with Gasteiger partial charge in [-0.15, -0.1) is 0 Å². The Labute approximate surface area is 113 Å². The lowest BCUT2D eigenvalue weighted by atomic mass is 10.0. The Hall–Kier alpha value is -1.84. The standard InChI is InChI=1S/C15H21NO3/c1-11(2)9-12-3-5-13(6-4-12)10-14(17)16-8-7-15(18)19/h3-6,11H,7-10H2,1-2H3,(H,16,17)(H,18,19). The normalized spacial score (nSPS) is 10.5. The van der Waals surface area contributed by atoms with Crippen molar-refractivity contribution in [3.8, 4) is 0 Å². The fourth-order valence-electron chi connectivity index (χ4n) is 1.82. The molecule has 0 bridgehead atoms. The van der Waals surface area contributed by atoms with Gasteiger partial charge in [-0.2, -0.15) is 0 Å². The molecule has 4 heteroatoms. The second-order valence-corrected chi connectivity index (χ2v) is 5.08. The number of aliphatic carboxylic acids is 1. The van der Waals surface area contributed by atoms with Crippen LogP contribution in [0.5, 0.6) is 0 Å². The van der Waals surface area contributed by atoms with Gasteiger partial charge in [-0.05, 0) is 23.5 Å². The second kappa shape index (κ2) is 7.56. The van der Waals surface area contributed by atoms with Crippen LogP contribution in [0.25, 0.3) is 0 Å². The summed E-state index contributed by atoms with van der Waals surface area (Å²) in [5.74, 6) is -0.429. The molecule has 0 radical (unpaired) electrons. The highest BCUT2D eigenvalue weighted by Crippen LogP contribution is 2.10. The Balaban J connectivity index is 2.40. The first-order chi connectivity index (χ1) is 8.97. The molecule has 0 spiro atoms. The number of amides is 1. The average Bonchev–Trinajstić information content (AvgIpc) is 2.30. The van der Waals surface area contributed by atoms with Crippen LogP contribution in [0, 0.1) is 5.92 Å². The van der Waals surface area contributed by atoms with Crippen LogP contribution in [-0.2, 0) is 22.4 Å². The summed E-state index contributed by atoms with van der Waals surface area (Å²) in [6.07, 6.45) is 1.28. The van der Waals surface area contributed by atoms with Gasteiger partial charge in [0.1, 0.15) is 0 Å². The first-order valence-electron chi connectivity index (χ1n) is 6.53. The van der Waals surface area contributed by atoms with Gasteiger partial charge < -0.3 is 10.4 Å². The molecule has 0 aliphatic carbocycles. The number of rotatable bonds is 7. The Morgan fingerprint density at radius 1 is 1.16 bits per heavy atom. The molecule has 0 unspecified atom stereocenters. The molecule has 1 aromatic rings. The lowest BCUT2D eigenvalue weighted by molar-refractivity contribution is -0.136. The molecule has 0 aliphatic heterocycles. The number of hydrogen-bond donors (Lipinski definition) is 2. The van der Waals surface area contributed by atoms with E-state index in [-0.39, 0.29) is 18.9 Å². The molecule has 0 fully saturated rings. The van der Waals surface area contributed by atoms with Crippen LogP contribution >= 0.6 is 0 Å². The lowest BCUT2D eigenvalue weighted by Crippen LogP contribution is -2.27. The van der Waals surface area contributed by atoms with Gasteiger partial charge in [0.15, 0.2) is 0 Å². The van der Waals surface area contributed by atoms with Crippen molar-refractivity contribution in [3.05, 3.63) is 35.4 Å². The van der Waals surface area contributed by atoms with E-state index in [2.05, 4.69) is 19.2 Å². The maximum absolute atomic E-state index is 11.6. The molecule has 0 aromatic heterocycles. The first kappa shape index (κ1) is 15.2. The number of carbonyl (C=O) groups excluding carboxylic acids is 1. The average molecular weight is 263 g/mol. The third-order valence-corrected chi connectivity index (χ3v) is 2.69. The summed E-state index contributed by atoms with van der Waals surface area (Å²) < 4.78 is 0. The van der Waals surface area contributed by atoms with Gasteiger partial charge >= 0.3 is 5.97 Å². The van der Waals surface area contributed by atoms with Gasteiger partial charge in [0.25, 0.3) is 0 Å². The number of carbonyl (C=O) groups is 2. The van der Waals surface area contributed by atoms with E-state index >= 15 is 0 Å². The first-order valence-corrected chi connectivity index (χ1v) is 6.53. The maximum Gasteiger partial charge on any atom is 0.305 e. The van der Waals surface area contributed by atoms with Gasteiger partial charge in [-0.25, -0.2) is 0 Å². The van der Waals surface area contributed by atoms with Crippen molar-refractivity contribution in [1.82, 2.24) is 5.32 Å². The van der Waals surface area contributed by atoms with Crippen molar-refractivity contribution < 1.29 is 14.7 Å². The van der Waals surface area contributed by atoms with Crippen molar-refractivity contribution in [2.75, 3.05) is 6.54 Å². The van der Waals surface area contributed by atoms with Gasteiger partial charge in [0.05, 0.1) is 12.8 Å². The number of hydrogen-bond acceptors (Lipinski definition) is 2. The minimum Gasteiger partial charge on any atom is -0.481 e. The number of carboxylic acids is 1. The molecular weight excluding hydrogens is 242 g/mol.